The van der Waals surface area contributed by atoms with Crippen LogP contribution in [0.4, 0.5) is 0 Å². The lowest BCUT2D eigenvalue weighted by Crippen LogP contribution is -2.17. The van der Waals surface area contributed by atoms with Gasteiger partial charge in [0.25, 0.3) is 0 Å². The van der Waals surface area contributed by atoms with Gasteiger partial charge in [0.2, 0.25) is 0 Å². The maximum Gasteiger partial charge on any atom is 0.306 e. The van der Waals surface area contributed by atoms with Crippen LogP contribution in [0.2, 0.25) is 0 Å². The summed E-state index contributed by atoms with van der Waals surface area (Å²) in [5, 5.41) is 0. The van der Waals surface area contributed by atoms with E-state index in [0.29, 0.717) is 12.8 Å². The summed E-state index contributed by atoms with van der Waals surface area (Å²) in [5.41, 5.74) is 0. The van der Waals surface area contributed by atoms with E-state index in [2.05, 4.69) is 38.2 Å². The summed E-state index contributed by atoms with van der Waals surface area (Å²) < 4.78 is 11.8. The Morgan fingerprint density at radius 1 is 0.525 bits per heavy atom. The zero-order valence-electron chi connectivity index (χ0n) is 26.5. The van der Waals surface area contributed by atoms with E-state index in [4.69, 9.17) is 9.47 Å². The minimum atomic E-state index is -0.0109. The van der Waals surface area contributed by atoms with Crippen LogP contribution in [0.15, 0.2) is 24.3 Å². The van der Waals surface area contributed by atoms with Crippen molar-refractivity contribution in [3.05, 3.63) is 24.3 Å². The molecule has 0 saturated heterocycles. The predicted octanol–water partition coefficient (Wildman–Crippen LogP) is 11.1. The van der Waals surface area contributed by atoms with Gasteiger partial charge in [-0.25, -0.2) is 0 Å². The highest BCUT2D eigenvalue weighted by molar-refractivity contribution is 5.69. The van der Waals surface area contributed by atoms with Gasteiger partial charge in [-0.2, -0.15) is 0 Å². The Morgan fingerprint density at radius 3 is 1.35 bits per heavy atom. The number of hydrogen-bond donors (Lipinski definition) is 0. The van der Waals surface area contributed by atoms with Crippen molar-refractivity contribution in [2.24, 2.45) is 0 Å². The third kappa shape index (κ3) is 23.2. The Bertz CT molecular complexity index is 597. The monoisotopic (exact) mass is 560 g/mol. The summed E-state index contributed by atoms with van der Waals surface area (Å²) in [6, 6.07) is 0. The van der Waals surface area contributed by atoms with Crippen molar-refractivity contribution >= 4 is 11.9 Å². The number of unbranched alkanes of at least 4 members (excludes halogenated alkanes) is 6. The molecule has 2 unspecified atom stereocenters. The Balaban J connectivity index is 2.54. The van der Waals surface area contributed by atoms with E-state index in [1.54, 1.807) is 0 Å². The fourth-order valence-electron chi connectivity index (χ4n) is 5.39. The number of carbonyl (C=O) groups is 2. The molecule has 0 radical (unpaired) electrons. The van der Waals surface area contributed by atoms with Crippen molar-refractivity contribution < 1.29 is 19.1 Å². The number of ether oxygens (including phenoxy) is 2. The molecule has 0 saturated carbocycles. The summed E-state index contributed by atoms with van der Waals surface area (Å²) in [6.07, 6.45) is 36.7. The molecule has 0 bridgehead atoms. The molecule has 0 spiro atoms. The molecule has 0 aromatic carbocycles. The zero-order valence-corrected chi connectivity index (χ0v) is 26.5. The highest BCUT2D eigenvalue weighted by Gasteiger charge is 2.14. The summed E-state index contributed by atoms with van der Waals surface area (Å²) in [7, 11) is 0. The number of cyclic esters (lactones) is 2. The van der Waals surface area contributed by atoms with E-state index in [1.807, 2.05) is 0 Å². The molecule has 2 atom stereocenters. The smallest absolute Gasteiger partial charge is 0.306 e. The minimum Gasteiger partial charge on any atom is -0.462 e. The van der Waals surface area contributed by atoms with Crippen molar-refractivity contribution in [3.63, 3.8) is 0 Å². The van der Waals surface area contributed by atoms with Gasteiger partial charge in [-0.05, 0) is 64.2 Å². The summed E-state index contributed by atoms with van der Waals surface area (Å²) >= 11 is 0. The van der Waals surface area contributed by atoms with Crippen LogP contribution in [0.1, 0.15) is 181 Å². The maximum absolute atomic E-state index is 12.5. The molecule has 0 aromatic rings. The van der Waals surface area contributed by atoms with Crippen molar-refractivity contribution in [1.82, 2.24) is 0 Å². The second-order valence-electron chi connectivity index (χ2n) is 11.9. The summed E-state index contributed by atoms with van der Waals surface area (Å²) in [6.45, 7) is 4.46. The quantitative estimate of drug-likeness (QED) is 0.151. The fourth-order valence-corrected chi connectivity index (χ4v) is 5.39. The summed E-state index contributed by atoms with van der Waals surface area (Å²) in [5.74, 6) is -0.0218. The van der Waals surface area contributed by atoms with Crippen molar-refractivity contribution in [3.8, 4) is 0 Å². The normalized spacial score (nSPS) is 24.1. The van der Waals surface area contributed by atoms with E-state index in [1.165, 1.54) is 77.0 Å². The van der Waals surface area contributed by atoms with Crippen LogP contribution in [0, 0.1) is 0 Å². The maximum atomic E-state index is 12.5. The molecular weight excluding hydrogens is 496 g/mol. The molecule has 0 amide bonds. The van der Waals surface area contributed by atoms with E-state index in [0.717, 1.165) is 77.0 Å². The van der Waals surface area contributed by atoms with Gasteiger partial charge < -0.3 is 9.47 Å². The molecule has 0 N–H and O–H groups in total. The van der Waals surface area contributed by atoms with Crippen LogP contribution in [-0.2, 0) is 19.1 Å². The Labute approximate surface area is 248 Å². The van der Waals surface area contributed by atoms with Gasteiger partial charge in [0.15, 0.2) is 0 Å². The molecule has 0 aromatic heterocycles. The number of esters is 2. The molecule has 4 heteroatoms. The third-order valence-electron chi connectivity index (χ3n) is 7.99. The van der Waals surface area contributed by atoms with E-state index < -0.39 is 0 Å². The average molecular weight is 561 g/mol. The first-order valence-corrected chi connectivity index (χ1v) is 17.3. The van der Waals surface area contributed by atoms with Crippen molar-refractivity contribution in [1.29, 1.82) is 0 Å². The third-order valence-corrected chi connectivity index (χ3v) is 7.99. The van der Waals surface area contributed by atoms with E-state index in [9.17, 15) is 9.59 Å². The van der Waals surface area contributed by atoms with E-state index >= 15 is 0 Å². The Hall–Kier alpha value is -1.58. The lowest BCUT2D eigenvalue weighted by molar-refractivity contribution is -0.150. The summed E-state index contributed by atoms with van der Waals surface area (Å²) in [4.78, 5) is 25.0. The molecule has 0 fully saturated rings. The predicted molar refractivity (Wildman–Crippen MR) is 169 cm³/mol. The molecule has 1 aliphatic heterocycles. The average Bonchev–Trinajstić information content (AvgIpc) is 2.94. The number of carbonyl (C=O) groups excluding carboxylic acids is 2. The molecule has 1 heterocycles. The molecule has 0 aliphatic carbocycles. The van der Waals surface area contributed by atoms with Gasteiger partial charge in [0.1, 0.15) is 12.2 Å². The van der Waals surface area contributed by atoms with Gasteiger partial charge in [-0.3, -0.25) is 9.59 Å². The molecular formula is C36H64O4. The number of rotatable bonds is 10. The van der Waals surface area contributed by atoms with Crippen molar-refractivity contribution in [2.45, 2.75) is 193 Å². The molecule has 4 nitrogen and oxygen atoms in total. The lowest BCUT2D eigenvalue weighted by atomic mass is 10.0. The number of allylic oxidation sites excluding steroid dienone is 2. The first kappa shape index (κ1) is 36.4. The van der Waals surface area contributed by atoms with Gasteiger partial charge in [-0.1, -0.05) is 115 Å². The molecule has 40 heavy (non-hydrogen) atoms. The Morgan fingerprint density at radius 2 is 0.925 bits per heavy atom. The minimum absolute atomic E-state index is 0.0109. The SMILES string of the molecule is CCCCCCC1C/C=C/CCCCCCCC(=O)OC(CCCCCC)C/C=C/CCCCCCCC(=O)O1. The van der Waals surface area contributed by atoms with Crippen LogP contribution in [-0.4, -0.2) is 24.1 Å². The van der Waals surface area contributed by atoms with Crippen LogP contribution in [0.3, 0.4) is 0 Å². The first-order valence-electron chi connectivity index (χ1n) is 17.3. The van der Waals surface area contributed by atoms with Crippen LogP contribution in [0.5, 0.6) is 0 Å². The molecule has 1 aliphatic rings. The zero-order chi connectivity index (χ0) is 28.9. The second-order valence-corrected chi connectivity index (χ2v) is 11.9. The Kier molecular flexibility index (Phi) is 25.1. The first-order chi connectivity index (χ1) is 19.7. The highest BCUT2D eigenvalue weighted by atomic mass is 16.5. The number of hydrogen-bond acceptors (Lipinski definition) is 4. The van der Waals surface area contributed by atoms with Crippen LogP contribution in [0.25, 0.3) is 0 Å². The molecule has 232 valence electrons. The second kappa shape index (κ2) is 27.6. The van der Waals surface area contributed by atoms with E-state index in [-0.39, 0.29) is 24.1 Å². The van der Waals surface area contributed by atoms with Gasteiger partial charge in [-0.15, -0.1) is 0 Å². The molecule has 1 rings (SSSR count). The van der Waals surface area contributed by atoms with Crippen LogP contribution < -0.4 is 0 Å². The lowest BCUT2D eigenvalue weighted by Gasteiger charge is -2.17. The highest BCUT2D eigenvalue weighted by Crippen LogP contribution is 2.17. The largest absolute Gasteiger partial charge is 0.462 e. The topological polar surface area (TPSA) is 52.6 Å². The standard InChI is InChI=1S/C36H64O4/c1-3-5-7-21-27-33-29-23-17-13-9-11-16-20-26-32-36(38)40-34(28-22-8-6-4-2)30-24-18-14-10-12-15-19-25-31-35(37)39-33/h17-18,23-24,33-34H,3-16,19-22,25-32H2,1-2H3/b23-17+,24-18+. The van der Waals surface area contributed by atoms with Gasteiger partial charge >= 0.3 is 11.9 Å². The fraction of sp³-hybridized carbons (Fsp3) is 0.833. The van der Waals surface area contributed by atoms with Crippen molar-refractivity contribution in [2.75, 3.05) is 0 Å². The van der Waals surface area contributed by atoms with Gasteiger partial charge in [0, 0.05) is 25.7 Å². The van der Waals surface area contributed by atoms with Crippen LogP contribution >= 0.6 is 0 Å². The van der Waals surface area contributed by atoms with Gasteiger partial charge in [0.05, 0.1) is 0 Å².